The molecule has 5 fully saturated rings. The van der Waals surface area contributed by atoms with E-state index in [1.807, 2.05) is 7.11 Å². The minimum Gasteiger partial charge on any atom is -0.393 e. The highest BCUT2D eigenvalue weighted by molar-refractivity contribution is 5.26. The van der Waals surface area contributed by atoms with Gasteiger partial charge in [0, 0.05) is 12.5 Å². The van der Waals surface area contributed by atoms with E-state index < -0.39 is 0 Å². The molecule has 2 nitrogen and oxygen atoms in total. The van der Waals surface area contributed by atoms with E-state index in [4.69, 9.17) is 4.74 Å². The first kappa shape index (κ1) is 23.7. The maximum absolute atomic E-state index is 11.1. The Bertz CT molecular complexity index is 703. The third kappa shape index (κ3) is 3.03. The Balaban J connectivity index is 1.35. The van der Waals surface area contributed by atoms with E-state index in [0.717, 1.165) is 42.4 Å². The van der Waals surface area contributed by atoms with Gasteiger partial charge in [-0.3, -0.25) is 0 Å². The van der Waals surface area contributed by atoms with E-state index in [9.17, 15) is 5.11 Å². The summed E-state index contributed by atoms with van der Waals surface area (Å²) in [7, 11) is 2.01. The molecule has 5 aliphatic rings. The van der Waals surface area contributed by atoms with Gasteiger partial charge in [0.05, 0.1) is 12.2 Å². The Hall–Kier alpha value is -0.0800. The molecule has 0 aromatic heterocycles. The molecule has 0 aromatic rings. The predicted octanol–water partition coefficient (Wildman–Crippen LogP) is 7.34. The summed E-state index contributed by atoms with van der Waals surface area (Å²) in [4.78, 5) is 0. The number of rotatable bonds is 7. The fourth-order valence-electron chi connectivity index (χ4n) is 11.5. The normalized spacial score (nSPS) is 52.0. The Kier molecular flexibility index (Phi) is 5.89. The molecule has 2 heteroatoms. The van der Waals surface area contributed by atoms with E-state index in [1.54, 1.807) is 0 Å². The zero-order valence-corrected chi connectivity index (χ0v) is 22.2. The number of hydrogen-bond acceptors (Lipinski definition) is 2. The summed E-state index contributed by atoms with van der Waals surface area (Å²) in [6.45, 7) is 14.6. The zero-order valence-electron chi connectivity index (χ0n) is 22.2. The van der Waals surface area contributed by atoms with E-state index in [1.165, 1.54) is 51.4 Å². The standard InChI is InChI=1S/C30H52O2/c1-8-21(18(2)3)26(31)15-19(4)23-9-10-24-22-16-27(32-7)30-17-20(30)11-14-29(30,6)25(22)12-13-28(23,24)5/h18-27,31H,8-17H2,1-7H3/t19-,20-,21+,22?,23?,24?,25?,26+,27-,28-,29-,30?/m1/s1. The number of hydrogen-bond donors (Lipinski definition) is 1. The van der Waals surface area contributed by atoms with Crippen LogP contribution in [0.1, 0.15) is 106 Å². The lowest BCUT2D eigenvalue weighted by molar-refractivity contribution is -0.161. The number of aliphatic hydroxyl groups is 1. The molecule has 0 radical (unpaired) electrons. The van der Waals surface area contributed by atoms with Crippen LogP contribution in [0.3, 0.4) is 0 Å². The lowest BCUT2D eigenvalue weighted by Gasteiger charge is -2.61. The molecular formula is C30H52O2. The lowest BCUT2D eigenvalue weighted by atomic mass is 9.45. The Morgan fingerprint density at radius 2 is 1.75 bits per heavy atom. The number of fused-ring (bicyclic) bond motifs is 4. The Labute approximate surface area is 198 Å². The first-order chi connectivity index (χ1) is 15.1. The molecule has 1 N–H and O–H groups in total. The van der Waals surface area contributed by atoms with Crippen molar-refractivity contribution in [2.24, 2.45) is 63.6 Å². The van der Waals surface area contributed by atoms with Gasteiger partial charge in [-0.15, -0.1) is 0 Å². The van der Waals surface area contributed by atoms with E-state index in [2.05, 4.69) is 41.5 Å². The highest BCUT2D eigenvalue weighted by atomic mass is 16.5. The average Bonchev–Trinajstić information content (AvgIpc) is 3.24. The SMILES string of the molecule is CC[C@@H](C(C)C)[C@@H](O)C[C@@H](C)C1CCC2C3C[C@@H](OC)C45C[C@H]4CC[C@]5(C)C3CC[C@@]21C. The zero-order chi connectivity index (χ0) is 23.1. The average molecular weight is 445 g/mol. The van der Waals surface area contributed by atoms with Crippen LogP contribution >= 0.6 is 0 Å². The molecule has 0 saturated heterocycles. The van der Waals surface area contributed by atoms with Crippen LogP contribution in [-0.4, -0.2) is 24.4 Å². The molecule has 0 aliphatic heterocycles. The van der Waals surface area contributed by atoms with Crippen LogP contribution in [0.4, 0.5) is 0 Å². The summed E-state index contributed by atoms with van der Waals surface area (Å²) in [6, 6.07) is 0. The van der Waals surface area contributed by atoms with E-state index in [-0.39, 0.29) is 6.10 Å². The Morgan fingerprint density at radius 3 is 2.38 bits per heavy atom. The fraction of sp³-hybridized carbons (Fsp3) is 1.00. The molecule has 0 aromatic carbocycles. The fourth-order valence-corrected chi connectivity index (χ4v) is 11.5. The van der Waals surface area contributed by atoms with E-state index in [0.29, 0.717) is 40.1 Å². The third-order valence-corrected chi connectivity index (χ3v) is 13.0. The van der Waals surface area contributed by atoms with Crippen LogP contribution in [0.15, 0.2) is 0 Å². The van der Waals surface area contributed by atoms with Crippen LogP contribution in [0.5, 0.6) is 0 Å². The molecule has 0 amide bonds. The van der Waals surface area contributed by atoms with Crippen molar-refractivity contribution in [3.8, 4) is 0 Å². The largest absolute Gasteiger partial charge is 0.393 e. The van der Waals surface area contributed by atoms with Gasteiger partial charge in [-0.1, -0.05) is 48.0 Å². The highest BCUT2D eigenvalue weighted by Gasteiger charge is 2.77. The Morgan fingerprint density at radius 1 is 1.00 bits per heavy atom. The van der Waals surface area contributed by atoms with Crippen molar-refractivity contribution in [2.45, 2.75) is 118 Å². The topological polar surface area (TPSA) is 29.5 Å². The molecule has 5 aliphatic carbocycles. The van der Waals surface area contributed by atoms with Crippen LogP contribution in [-0.2, 0) is 4.74 Å². The van der Waals surface area contributed by atoms with Gasteiger partial charge >= 0.3 is 0 Å². The molecule has 32 heavy (non-hydrogen) atoms. The summed E-state index contributed by atoms with van der Waals surface area (Å²) < 4.78 is 6.30. The minimum atomic E-state index is -0.134. The molecule has 0 bridgehead atoms. The quantitative estimate of drug-likeness (QED) is 0.445. The summed E-state index contributed by atoms with van der Waals surface area (Å²) in [5.41, 5.74) is 1.55. The molecule has 184 valence electrons. The van der Waals surface area contributed by atoms with Crippen molar-refractivity contribution in [1.29, 1.82) is 0 Å². The third-order valence-electron chi connectivity index (χ3n) is 13.0. The monoisotopic (exact) mass is 444 g/mol. The van der Waals surface area contributed by atoms with Crippen LogP contribution in [0.2, 0.25) is 0 Å². The van der Waals surface area contributed by atoms with Gasteiger partial charge in [-0.25, -0.2) is 0 Å². The molecular weight excluding hydrogens is 392 g/mol. The van der Waals surface area contributed by atoms with Crippen molar-refractivity contribution in [3.05, 3.63) is 0 Å². The second-order valence-electron chi connectivity index (χ2n) is 14.1. The number of ether oxygens (including phenoxy) is 1. The maximum Gasteiger partial charge on any atom is 0.0638 e. The summed E-state index contributed by atoms with van der Waals surface area (Å²) in [5, 5.41) is 11.1. The van der Waals surface area contributed by atoms with Gasteiger partial charge in [0.1, 0.15) is 0 Å². The van der Waals surface area contributed by atoms with Gasteiger partial charge in [-0.05, 0) is 116 Å². The summed E-state index contributed by atoms with van der Waals surface area (Å²) in [6.07, 6.45) is 13.9. The van der Waals surface area contributed by atoms with Gasteiger partial charge in [0.15, 0.2) is 0 Å². The van der Waals surface area contributed by atoms with Crippen LogP contribution < -0.4 is 0 Å². The molecule has 5 saturated carbocycles. The maximum atomic E-state index is 11.1. The van der Waals surface area contributed by atoms with Crippen molar-refractivity contribution in [2.75, 3.05) is 7.11 Å². The predicted molar refractivity (Wildman–Crippen MR) is 132 cm³/mol. The van der Waals surface area contributed by atoms with Gasteiger partial charge < -0.3 is 9.84 Å². The van der Waals surface area contributed by atoms with Crippen molar-refractivity contribution >= 4 is 0 Å². The van der Waals surface area contributed by atoms with Crippen molar-refractivity contribution in [3.63, 3.8) is 0 Å². The van der Waals surface area contributed by atoms with Gasteiger partial charge in [0.2, 0.25) is 0 Å². The first-order valence-electron chi connectivity index (χ1n) is 14.3. The molecule has 5 unspecified atom stereocenters. The second kappa shape index (κ2) is 7.97. The molecule has 12 atom stereocenters. The van der Waals surface area contributed by atoms with Crippen molar-refractivity contribution in [1.82, 2.24) is 0 Å². The van der Waals surface area contributed by atoms with Gasteiger partial charge in [0.25, 0.3) is 0 Å². The molecule has 0 heterocycles. The van der Waals surface area contributed by atoms with Crippen LogP contribution in [0.25, 0.3) is 0 Å². The minimum absolute atomic E-state index is 0.134. The lowest BCUT2D eigenvalue weighted by Crippen LogP contribution is -2.57. The molecule has 1 spiro atoms. The highest BCUT2D eigenvalue weighted by Crippen LogP contribution is 2.82. The molecule has 5 rings (SSSR count). The summed E-state index contributed by atoms with van der Waals surface area (Å²) in [5.74, 6) is 6.09. The van der Waals surface area contributed by atoms with Crippen molar-refractivity contribution < 1.29 is 9.84 Å². The number of methoxy groups -OCH3 is 1. The van der Waals surface area contributed by atoms with E-state index >= 15 is 0 Å². The summed E-state index contributed by atoms with van der Waals surface area (Å²) >= 11 is 0. The first-order valence-corrected chi connectivity index (χ1v) is 14.3. The number of aliphatic hydroxyl groups excluding tert-OH is 1. The second-order valence-corrected chi connectivity index (χ2v) is 14.1. The smallest absolute Gasteiger partial charge is 0.0638 e. The van der Waals surface area contributed by atoms with Gasteiger partial charge in [-0.2, -0.15) is 0 Å². The van der Waals surface area contributed by atoms with Crippen LogP contribution in [0, 0.1) is 63.6 Å².